The predicted octanol–water partition coefficient (Wildman–Crippen LogP) is 3.55. The van der Waals surface area contributed by atoms with Gasteiger partial charge in [-0.25, -0.2) is 0 Å². The van der Waals surface area contributed by atoms with Gasteiger partial charge in [-0.1, -0.05) is 42.5 Å². The van der Waals surface area contributed by atoms with E-state index in [1.165, 1.54) is 0 Å². The smallest absolute Gasteiger partial charge is 0.239 e. The summed E-state index contributed by atoms with van der Waals surface area (Å²) in [5, 5.41) is 2.90. The number of carbonyl (C=O) groups is 2. The van der Waals surface area contributed by atoms with Crippen LogP contribution in [0, 0.1) is 5.92 Å². The van der Waals surface area contributed by atoms with Crippen molar-refractivity contribution < 1.29 is 14.3 Å². The van der Waals surface area contributed by atoms with Gasteiger partial charge in [0.15, 0.2) is 5.72 Å². The summed E-state index contributed by atoms with van der Waals surface area (Å²) in [4.78, 5) is 28.1. The highest BCUT2D eigenvalue weighted by Crippen LogP contribution is 2.50. The number of para-hydroxylation sites is 2. The van der Waals surface area contributed by atoms with Gasteiger partial charge in [-0.05, 0) is 30.7 Å². The molecule has 3 atom stereocenters. The second kappa shape index (κ2) is 6.58. The monoisotopic (exact) mass is 362 g/mol. The molecule has 2 bridgehead atoms. The lowest BCUT2D eigenvalue weighted by Crippen LogP contribution is -2.64. The maximum Gasteiger partial charge on any atom is 0.239 e. The molecule has 2 aromatic carbocycles. The van der Waals surface area contributed by atoms with E-state index < -0.39 is 11.6 Å². The highest BCUT2D eigenvalue weighted by molar-refractivity contribution is 6.08. The van der Waals surface area contributed by atoms with Gasteiger partial charge in [0.25, 0.3) is 0 Å². The third-order valence-electron chi connectivity index (χ3n) is 5.39. The van der Waals surface area contributed by atoms with Crippen molar-refractivity contribution in [1.29, 1.82) is 0 Å². The first-order valence-corrected chi connectivity index (χ1v) is 9.10. The number of hydrogen-bond donors (Lipinski definition) is 1. The molecule has 4 rings (SSSR count). The molecule has 1 fully saturated rings. The fourth-order valence-electron chi connectivity index (χ4n) is 4.16. The number of rotatable bonds is 4. The summed E-state index contributed by atoms with van der Waals surface area (Å²) in [7, 11) is 0. The first-order valence-electron chi connectivity index (χ1n) is 9.10. The standard InChI is InChI=1S/C22H22N2O3/c1-3-13-24-21(26)19(20(25)23-15-9-5-4-6-10-15)17-14-22(24,2)27-18-12-8-7-11-16(17)18/h3-12,17,19H,1,13-14H2,2H3,(H,23,25)/t17-,19-,22+/m0/s1. The lowest BCUT2D eigenvalue weighted by Gasteiger charge is -2.52. The molecule has 1 saturated heterocycles. The molecular weight excluding hydrogens is 340 g/mol. The molecule has 1 N–H and O–H groups in total. The van der Waals surface area contributed by atoms with Gasteiger partial charge < -0.3 is 15.0 Å². The summed E-state index contributed by atoms with van der Waals surface area (Å²) >= 11 is 0. The predicted molar refractivity (Wildman–Crippen MR) is 103 cm³/mol. The number of nitrogens with zero attached hydrogens (tertiary/aromatic N) is 1. The van der Waals surface area contributed by atoms with Crippen molar-refractivity contribution in [3.8, 4) is 5.75 Å². The second-order valence-electron chi connectivity index (χ2n) is 7.20. The molecule has 2 amide bonds. The number of benzene rings is 2. The molecule has 2 aliphatic rings. The van der Waals surface area contributed by atoms with Gasteiger partial charge in [0.2, 0.25) is 11.8 Å². The highest BCUT2D eigenvalue weighted by Gasteiger charge is 2.55. The lowest BCUT2D eigenvalue weighted by molar-refractivity contribution is -0.173. The fourth-order valence-corrected chi connectivity index (χ4v) is 4.16. The summed E-state index contributed by atoms with van der Waals surface area (Å²) < 4.78 is 6.20. The van der Waals surface area contributed by atoms with Gasteiger partial charge in [0.1, 0.15) is 11.7 Å². The average molecular weight is 362 g/mol. The molecular formula is C22H22N2O3. The fraction of sp³-hybridized carbons (Fsp3) is 0.273. The van der Waals surface area contributed by atoms with Gasteiger partial charge in [0.05, 0.1) is 0 Å². The van der Waals surface area contributed by atoms with Gasteiger partial charge in [0, 0.05) is 24.6 Å². The van der Waals surface area contributed by atoms with E-state index in [0.29, 0.717) is 18.7 Å². The van der Waals surface area contributed by atoms with Crippen molar-refractivity contribution in [2.75, 3.05) is 11.9 Å². The number of carbonyl (C=O) groups excluding carboxylic acids is 2. The van der Waals surface area contributed by atoms with Crippen LogP contribution in [0.1, 0.15) is 24.8 Å². The zero-order valence-corrected chi connectivity index (χ0v) is 15.2. The van der Waals surface area contributed by atoms with Crippen LogP contribution in [-0.4, -0.2) is 29.0 Å². The number of ether oxygens (including phenoxy) is 1. The van der Waals surface area contributed by atoms with E-state index in [-0.39, 0.29) is 17.7 Å². The quantitative estimate of drug-likeness (QED) is 0.668. The minimum absolute atomic E-state index is 0.225. The molecule has 0 aliphatic carbocycles. The largest absolute Gasteiger partial charge is 0.468 e. The molecule has 0 aromatic heterocycles. The van der Waals surface area contributed by atoms with Crippen LogP contribution in [0.3, 0.4) is 0 Å². The van der Waals surface area contributed by atoms with Crippen LogP contribution in [0.5, 0.6) is 5.75 Å². The molecule has 2 aliphatic heterocycles. The Balaban J connectivity index is 1.75. The topological polar surface area (TPSA) is 58.6 Å². The minimum Gasteiger partial charge on any atom is -0.468 e. The number of fused-ring (bicyclic) bond motifs is 4. The van der Waals surface area contributed by atoms with Crippen LogP contribution in [0.2, 0.25) is 0 Å². The number of nitrogens with one attached hydrogen (secondary N) is 1. The normalized spacial score (nSPS) is 26.0. The minimum atomic E-state index is -0.803. The van der Waals surface area contributed by atoms with E-state index in [2.05, 4.69) is 11.9 Å². The third kappa shape index (κ3) is 2.89. The van der Waals surface area contributed by atoms with Crippen LogP contribution in [0.15, 0.2) is 67.3 Å². The third-order valence-corrected chi connectivity index (χ3v) is 5.39. The lowest BCUT2D eigenvalue weighted by atomic mass is 9.73. The van der Waals surface area contributed by atoms with E-state index in [9.17, 15) is 9.59 Å². The summed E-state index contributed by atoms with van der Waals surface area (Å²) in [6.45, 7) is 6.00. The van der Waals surface area contributed by atoms with Crippen LogP contribution in [-0.2, 0) is 9.59 Å². The number of piperidine rings is 1. The van der Waals surface area contributed by atoms with Crippen molar-refractivity contribution in [2.24, 2.45) is 5.92 Å². The molecule has 0 spiro atoms. The Morgan fingerprint density at radius 3 is 2.70 bits per heavy atom. The number of hydrogen-bond acceptors (Lipinski definition) is 3. The molecule has 0 radical (unpaired) electrons. The van der Waals surface area contributed by atoms with Crippen molar-refractivity contribution in [3.05, 3.63) is 72.8 Å². The summed E-state index contributed by atoms with van der Waals surface area (Å²) in [6.07, 6.45) is 2.23. The van der Waals surface area contributed by atoms with E-state index in [0.717, 1.165) is 11.3 Å². The summed E-state index contributed by atoms with van der Waals surface area (Å²) in [6, 6.07) is 16.9. The second-order valence-corrected chi connectivity index (χ2v) is 7.20. The summed E-state index contributed by atoms with van der Waals surface area (Å²) in [5.41, 5.74) is 0.808. The number of likely N-dealkylation sites (tertiary alicyclic amines) is 1. The van der Waals surface area contributed by atoms with Gasteiger partial charge in [-0.2, -0.15) is 0 Å². The Morgan fingerprint density at radius 2 is 1.96 bits per heavy atom. The van der Waals surface area contributed by atoms with Crippen LogP contribution >= 0.6 is 0 Å². The average Bonchev–Trinajstić information content (AvgIpc) is 2.66. The molecule has 5 heteroatoms. The summed E-state index contributed by atoms with van der Waals surface area (Å²) in [5.74, 6) is -0.809. The van der Waals surface area contributed by atoms with Gasteiger partial charge in [-0.15, -0.1) is 6.58 Å². The maximum absolute atomic E-state index is 13.3. The van der Waals surface area contributed by atoms with Crippen molar-refractivity contribution >= 4 is 17.5 Å². The van der Waals surface area contributed by atoms with E-state index >= 15 is 0 Å². The molecule has 2 heterocycles. The Labute approximate surface area is 158 Å². The number of amides is 2. The van der Waals surface area contributed by atoms with E-state index in [1.807, 2.05) is 61.5 Å². The Bertz CT molecular complexity index is 895. The molecule has 27 heavy (non-hydrogen) atoms. The zero-order valence-electron chi connectivity index (χ0n) is 15.2. The van der Waals surface area contributed by atoms with Crippen molar-refractivity contribution in [3.63, 3.8) is 0 Å². The van der Waals surface area contributed by atoms with Gasteiger partial charge in [-0.3, -0.25) is 9.59 Å². The van der Waals surface area contributed by atoms with Crippen molar-refractivity contribution in [1.82, 2.24) is 4.90 Å². The molecule has 5 nitrogen and oxygen atoms in total. The molecule has 138 valence electrons. The Hall–Kier alpha value is -3.08. The van der Waals surface area contributed by atoms with Crippen LogP contribution in [0.4, 0.5) is 5.69 Å². The van der Waals surface area contributed by atoms with Crippen LogP contribution in [0.25, 0.3) is 0 Å². The Kier molecular flexibility index (Phi) is 4.22. The SMILES string of the molecule is C=CCN1C(=O)[C@H](C(=O)Nc2ccccc2)[C@H]2C[C@@]1(C)Oc1ccccc12. The maximum atomic E-state index is 13.3. The first kappa shape index (κ1) is 17.3. The zero-order chi connectivity index (χ0) is 19.0. The molecule has 2 aromatic rings. The van der Waals surface area contributed by atoms with Crippen LogP contribution < -0.4 is 10.1 Å². The van der Waals surface area contributed by atoms with Crippen molar-refractivity contribution in [2.45, 2.75) is 25.0 Å². The Morgan fingerprint density at radius 1 is 1.26 bits per heavy atom. The molecule has 0 saturated carbocycles. The molecule has 0 unspecified atom stereocenters. The number of anilines is 1. The highest BCUT2D eigenvalue weighted by atomic mass is 16.5. The van der Waals surface area contributed by atoms with Gasteiger partial charge >= 0.3 is 0 Å². The van der Waals surface area contributed by atoms with E-state index in [1.54, 1.807) is 11.0 Å². The van der Waals surface area contributed by atoms with E-state index in [4.69, 9.17) is 4.74 Å². The first-order chi connectivity index (χ1) is 13.0.